The Morgan fingerprint density at radius 1 is 1.56 bits per heavy atom. The fraction of sp³-hybridized carbons (Fsp3) is 0.375. The molecule has 1 atom stereocenters. The maximum atomic E-state index is 11.8. The van der Waals surface area contributed by atoms with E-state index in [4.69, 9.17) is 0 Å². The van der Waals surface area contributed by atoms with Crippen LogP contribution in [0.3, 0.4) is 0 Å². The van der Waals surface area contributed by atoms with Gasteiger partial charge in [0.05, 0.1) is 6.04 Å². The average Bonchev–Trinajstić information content (AvgIpc) is 2.63. The number of hydrogen-bond donors (Lipinski definition) is 2. The Morgan fingerprint density at radius 3 is 2.62 bits per heavy atom. The minimum absolute atomic E-state index is 0.170. The van der Waals surface area contributed by atoms with Crippen molar-refractivity contribution in [3.05, 3.63) is 15.9 Å². The molecule has 0 aromatic carbocycles. The van der Waals surface area contributed by atoms with Crippen molar-refractivity contribution in [1.29, 1.82) is 0 Å². The molecule has 1 aromatic heterocycles. The highest BCUT2D eigenvalue weighted by Gasteiger charge is 2.24. The van der Waals surface area contributed by atoms with Crippen molar-refractivity contribution < 1.29 is 13.2 Å². The Hall–Kier alpha value is -0.440. The smallest absolute Gasteiger partial charge is 0.251 e. The van der Waals surface area contributed by atoms with E-state index in [-0.39, 0.29) is 10.1 Å². The van der Waals surface area contributed by atoms with E-state index in [0.29, 0.717) is 4.47 Å². The van der Waals surface area contributed by atoms with Crippen molar-refractivity contribution in [3.63, 3.8) is 0 Å². The predicted molar refractivity (Wildman–Crippen MR) is 65.9 cm³/mol. The van der Waals surface area contributed by atoms with Crippen molar-refractivity contribution in [2.75, 3.05) is 7.05 Å². The minimum atomic E-state index is -3.64. The standard InChI is InChI=1S/C8H11BrN2O3S2/c1-5(7(12)10-2)11-16(13,14)8-6(9)3-4-15-8/h3-5,11H,1-2H3,(H,10,12). The Morgan fingerprint density at radius 2 is 2.19 bits per heavy atom. The molecule has 2 N–H and O–H groups in total. The molecule has 5 nitrogen and oxygen atoms in total. The molecule has 16 heavy (non-hydrogen) atoms. The van der Waals surface area contributed by atoms with Crippen molar-refractivity contribution in [3.8, 4) is 0 Å². The maximum absolute atomic E-state index is 11.8. The monoisotopic (exact) mass is 326 g/mol. The van der Waals surface area contributed by atoms with E-state index < -0.39 is 16.1 Å². The van der Waals surface area contributed by atoms with Crippen LogP contribution in [-0.4, -0.2) is 27.4 Å². The number of carbonyl (C=O) groups is 1. The number of carbonyl (C=O) groups excluding carboxylic acids is 1. The van der Waals surface area contributed by atoms with E-state index in [0.717, 1.165) is 11.3 Å². The summed E-state index contributed by atoms with van der Waals surface area (Å²) in [6.45, 7) is 1.48. The molecule has 0 aliphatic heterocycles. The second kappa shape index (κ2) is 5.26. The van der Waals surface area contributed by atoms with E-state index in [2.05, 4.69) is 26.0 Å². The number of sulfonamides is 1. The van der Waals surface area contributed by atoms with Crippen LogP contribution in [0.1, 0.15) is 6.92 Å². The number of likely N-dealkylation sites (N-methyl/N-ethyl adjacent to an activating group) is 1. The van der Waals surface area contributed by atoms with Crippen LogP contribution in [-0.2, 0) is 14.8 Å². The molecule has 1 heterocycles. The predicted octanol–water partition coefficient (Wildman–Crippen LogP) is 0.923. The zero-order valence-corrected chi connectivity index (χ0v) is 11.9. The lowest BCUT2D eigenvalue weighted by Crippen LogP contribution is -2.43. The normalized spacial score (nSPS) is 13.4. The molecule has 0 bridgehead atoms. The molecule has 0 aliphatic rings. The average molecular weight is 327 g/mol. The Labute approximate surface area is 106 Å². The van der Waals surface area contributed by atoms with E-state index >= 15 is 0 Å². The lowest BCUT2D eigenvalue weighted by atomic mass is 10.3. The number of hydrogen-bond acceptors (Lipinski definition) is 4. The zero-order chi connectivity index (χ0) is 12.3. The fourth-order valence-electron chi connectivity index (χ4n) is 1.03. The summed E-state index contributed by atoms with van der Waals surface area (Å²) >= 11 is 4.23. The van der Waals surface area contributed by atoms with Gasteiger partial charge in [0.2, 0.25) is 5.91 Å². The van der Waals surface area contributed by atoms with Crippen LogP contribution in [0.25, 0.3) is 0 Å². The molecule has 1 unspecified atom stereocenters. The first kappa shape index (κ1) is 13.6. The van der Waals surface area contributed by atoms with E-state index in [1.165, 1.54) is 14.0 Å². The first-order chi connectivity index (χ1) is 7.38. The minimum Gasteiger partial charge on any atom is -0.358 e. The molecule has 0 aliphatic carbocycles. The highest BCUT2D eigenvalue weighted by atomic mass is 79.9. The van der Waals surface area contributed by atoms with Crippen LogP contribution >= 0.6 is 27.3 Å². The van der Waals surface area contributed by atoms with E-state index in [9.17, 15) is 13.2 Å². The van der Waals surface area contributed by atoms with Crippen LogP contribution in [0.15, 0.2) is 20.1 Å². The molecule has 0 saturated heterocycles. The zero-order valence-electron chi connectivity index (χ0n) is 8.65. The summed E-state index contributed by atoms with van der Waals surface area (Å²) in [5.74, 6) is -0.378. The molecule has 0 radical (unpaired) electrons. The van der Waals surface area contributed by atoms with Gasteiger partial charge >= 0.3 is 0 Å². The summed E-state index contributed by atoms with van der Waals surface area (Å²) in [7, 11) is -2.19. The number of rotatable bonds is 4. The summed E-state index contributed by atoms with van der Waals surface area (Å²) in [5, 5.41) is 4.03. The number of nitrogens with one attached hydrogen (secondary N) is 2. The number of thiophene rings is 1. The second-order valence-electron chi connectivity index (χ2n) is 3.01. The lowest BCUT2D eigenvalue weighted by Gasteiger charge is -2.11. The highest BCUT2D eigenvalue weighted by molar-refractivity contribution is 9.10. The van der Waals surface area contributed by atoms with Crippen molar-refractivity contribution >= 4 is 43.2 Å². The highest BCUT2D eigenvalue weighted by Crippen LogP contribution is 2.27. The lowest BCUT2D eigenvalue weighted by molar-refractivity contribution is -0.121. The molecule has 8 heteroatoms. The van der Waals surface area contributed by atoms with Gasteiger partial charge in [-0.05, 0) is 34.3 Å². The van der Waals surface area contributed by atoms with E-state index in [1.807, 2.05) is 0 Å². The van der Waals surface area contributed by atoms with Gasteiger partial charge in [0, 0.05) is 11.5 Å². The third kappa shape index (κ3) is 3.03. The summed E-state index contributed by atoms with van der Waals surface area (Å²) in [5.41, 5.74) is 0. The molecule has 1 amide bonds. The van der Waals surface area contributed by atoms with E-state index in [1.54, 1.807) is 11.4 Å². The van der Waals surface area contributed by atoms with Crippen LogP contribution in [0.5, 0.6) is 0 Å². The van der Waals surface area contributed by atoms with Crippen LogP contribution in [0, 0.1) is 0 Å². The molecular formula is C8H11BrN2O3S2. The topological polar surface area (TPSA) is 75.3 Å². The molecule has 0 saturated carbocycles. The van der Waals surface area contributed by atoms with Gasteiger partial charge in [0.25, 0.3) is 10.0 Å². The third-order valence-corrected chi connectivity index (χ3v) is 6.01. The fourth-order valence-corrected chi connectivity index (χ4v) is 4.59. The van der Waals surface area contributed by atoms with Crippen LogP contribution < -0.4 is 10.0 Å². The molecule has 1 rings (SSSR count). The molecule has 0 fully saturated rings. The molecule has 90 valence electrons. The van der Waals surface area contributed by atoms with Crippen LogP contribution in [0.2, 0.25) is 0 Å². The van der Waals surface area contributed by atoms with Crippen molar-refractivity contribution in [1.82, 2.24) is 10.0 Å². The number of halogens is 1. The van der Waals surface area contributed by atoms with Gasteiger partial charge in [-0.15, -0.1) is 11.3 Å². The first-order valence-electron chi connectivity index (χ1n) is 4.35. The quantitative estimate of drug-likeness (QED) is 0.864. The van der Waals surface area contributed by atoms with Gasteiger partial charge in [-0.25, -0.2) is 8.42 Å². The summed E-state index contributed by atoms with van der Waals surface area (Å²) in [6, 6.07) is 0.841. The summed E-state index contributed by atoms with van der Waals surface area (Å²) < 4.78 is 26.6. The Kier molecular flexibility index (Phi) is 4.48. The first-order valence-corrected chi connectivity index (χ1v) is 7.51. The molecular weight excluding hydrogens is 316 g/mol. The van der Waals surface area contributed by atoms with Gasteiger partial charge in [-0.3, -0.25) is 4.79 Å². The summed E-state index contributed by atoms with van der Waals surface area (Å²) in [4.78, 5) is 11.2. The van der Waals surface area contributed by atoms with Gasteiger partial charge in [0.1, 0.15) is 4.21 Å². The number of amides is 1. The summed E-state index contributed by atoms with van der Waals surface area (Å²) in [6.07, 6.45) is 0. The molecule has 0 spiro atoms. The SMILES string of the molecule is CNC(=O)C(C)NS(=O)(=O)c1sccc1Br. The van der Waals surface area contributed by atoms with Crippen molar-refractivity contribution in [2.45, 2.75) is 17.2 Å². The van der Waals surface area contributed by atoms with Gasteiger partial charge < -0.3 is 5.32 Å². The Bertz CT molecular complexity index is 483. The largest absolute Gasteiger partial charge is 0.358 e. The maximum Gasteiger partial charge on any atom is 0.251 e. The molecule has 1 aromatic rings. The van der Waals surface area contributed by atoms with Gasteiger partial charge in [-0.2, -0.15) is 4.72 Å². The van der Waals surface area contributed by atoms with Gasteiger partial charge in [-0.1, -0.05) is 0 Å². The van der Waals surface area contributed by atoms with Crippen molar-refractivity contribution in [2.24, 2.45) is 0 Å². The van der Waals surface area contributed by atoms with Gasteiger partial charge in [0.15, 0.2) is 0 Å². The van der Waals surface area contributed by atoms with Crippen LogP contribution in [0.4, 0.5) is 0 Å². The second-order valence-corrected chi connectivity index (χ2v) is 6.69. The Balaban J connectivity index is 2.89. The third-order valence-electron chi connectivity index (χ3n) is 1.80.